The van der Waals surface area contributed by atoms with E-state index in [9.17, 15) is 4.79 Å². The molecule has 1 aromatic rings. The van der Waals surface area contributed by atoms with Crippen molar-refractivity contribution >= 4 is 29.7 Å². The smallest absolute Gasteiger partial charge is 0.239 e. The van der Waals surface area contributed by atoms with Gasteiger partial charge in [0.05, 0.1) is 12.6 Å². The van der Waals surface area contributed by atoms with Gasteiger partial charge in [-0.3, -0.25) is 4.79 Å². The summed E-state index contributed by atoms with van der Waals surface area (Å²) in [7, 11) is 0. The van der Waals surface area contributed by atoms with Crippen LogP contribution in [0, 0.1) is 0 Å². The van der Waals surface area contributed by atoms with Gasteiger partial charge in [0.15, 0.2) is 0 Å². The molecular weight excluding hydrogens is 244 g/mol. The first kappa shape index (κ1) is 15.4. The molecule has 1 heterocycles. The summed E-state index contributed by atoms with van der Waals surface area (Å²) in [5.41, 5.74) is 5.73. The first-order chi connectivity index (χ1) is 7.19. The van der Waals surface area contributed by atoms with Crippen LogP contribution in [0.25, 0.3) is 0 Å². The second-order valence-electron chi connectivity index (χ2n) is 3.45. The highest BCUT2D eigenvalue weighted by Gasteiger charge is 2.18. The Morgan fingerprint density at radius 2 is 2.25 bits per heavy atom. The van der Waals surface area contributed by atoms with Crippen LogP contribution in [0.2, 0.25) is 0 Å². The van der Waals surface area contributed by atoms with Crippen molar-refractivity contribution in [2.45, 2.75) is 32.9 Å². The summed E-state index contributed by atoms with van der Waals surface area (Å²) >= 11 is 1.67. The van der Waals surface area contributed by atoms with Crippen molar-refractivity contribution in [2.75, 3.05) is 6.54 Å². The van der Waals surface area contributed by atoms with Crippen molar-refractivity contribution in [3.05, 3.63) is 22.4 Å². The summed E-state index contributed by atoms with van der Waals surface area (Å²) in [6.07, 6.45) is 0.694. The van der Waals surface area contributed by atoms with Gasteiger partial charge in [-0.15, -0.1) is 23.7 Å². The van der Waals surface area contributed by atoms with Gasteiger partial charge in [0.2, 0.25) is 5.91 Å². The Bertz CT molecular complexity index is 303. The van der Waals surface area contributed by atoms with Crippen molar-refractivity contribution < 1.29 is 4.79 Å². The fourth-order valence-corrected chi connectivity index (χ4v) is 2.06. The quantitative estimate of drug-likeness (QED) is 0.885. The molecule has 16 heavy (non-hydrogen) atoms. The maximum Gasteiger partial charge on any atom is 0.239 e. The number of rotatable bonds is 5. The molecule has 0 saturated heterocycles. The molecule has 92 valence electrons. The van der Waals surface area contributed by atoms with Crippen LogP contribution in [0.1, 0.15) is 25.1 Å². The monoisotopic (exact) mass is 262 g/mol. The number of halogens is 1. The van der Waals surface area contributed by atoms with Crippen LogP contribution in [0.4, 0.5) is 0 Å². The third kappa shape index (κ3) is 4.12. The average molecular weight is 263 g/mol. The Hall–Kier alpha value is -0.580. The van der Waals surface area contributed by atoms with Crippen molar-refractivity contribution in [1.82, 2.24) is 4.90 Å². The predicted molar refractivity (Wildman–Crippen MR) is 70.9 cm³/mol. The molecule has 2 N–H and O–H groups in total. The zero-order chi connectivity index (χ0) is 11.3. The highest BCUT2D eigenvalue weighted by Crippen LogP contribution is 2.12. The lowest BCUT2D eigenvalue weighted by Crippen LogP contribution is -2.42. The van der Waals surface area contributed by atoms with Gasteiger partial charge in [0, 0.05) is 11.4 Å². The van der Waals surface area contributed by atoms with Crippen molar-refractivity contribution in [1.29, 1.82) is 0 Å². The summed E-state index contributed by atoms with van der Waals surface area (Å²) in [5, 5.41) is 2.02. The molecule has 0 bridgehead atoms. The average Bonchev–Trinajstić information content (AvgIpc) is 2.76. The minimum atomic E-state index is -0.357. The SMILES string of the molecule is CC[C@H](N)C(=O)N(CC)Cc1cccs1.Cl. The molecule has 1 amide bonds. The van der Waals surface area contributed by atoms with Gasteiger partial charge in [0.25, 0.3) is 0 Å². The van der Waals surface area contributed by atoms with E-state index in [-0.39, 0.29) is 24.4 Å². The summed E-state index contributed by atoms with van der Waals surface area (Å²) in [6, 6.07) is 3.68. The Morgan fingerprint density at radius 1 is 1.56 bits per heavy atom. The molecular formula is C11H19ClN2OS. The number of thiophene rings is 1. The number of amides is 1. The zero-order valence-corrected chi connectivity index (χ0v) is 11.3. The summed E-state index contributed by atoms with van der Waals surface area (Å²) in [6.45, 7) is 5.31. The first-order valence-corrected chi connectivity index (χ1v) is 6.13. The van der Waals surface area contributed by atoms with Gasteiger partial charge in [-0.25, -0.2) is 0 Å². The summed E-state index contributed by atoms with van der Waals surface area (Å²) < 4.78 is 0. The molecule has 1 aromatic heterocycles. The summed E-state index contributed by atoms with van der Waals surface area (Å²) in [5.74, 6) is 0.0494. The van der Waals surface area contributed by atoms with Crippen LogP contribution in [0.3, 0.4) is 0 Å². The Balaban J connectivity index is 0.00000225. The van der Waals surface area contributed by atoms with Crippen molar-refractivity contribution in [3.8, 4) is 0 Å². The van der Waals surface area contributed by atoms with Crippen LogP contribution in [-0.4, -0.2) is 23.4 Å². The Morgan fingerprint density at radius 3 is 2.69 bits per heavy atom. The van der Waals surface area contributed by atoms with Crippen molar-refractivity contribution in [2.24, 2.45) is 5.73 Å². The highest BCUT2D eigenvalue weighted by molar-refractivity contribution is 7.09. The van der Waals surface area contributed by atoms with Gasteiger partial charge in [-0.1, -0.05) is 13.0 Å². The number of hydrogen-bond donors (Lipinski definition) is 1. The lowest BCUT2D eigenvalue weighted by Gasteiger charge is -2.23. The van der Waals surface area contributed by atoms with Gasteiger partial charge in [0.1, 0.15) is 0 Å². The van der Waals surface area contributed by atoms with Crippen molar-refractivity contribution in [3.63, 3.8) is 0 Å². The largest absolute Gasteiger partial charge is 0.336 e. The van der Waals surface area contributed by atoms with Gasteiger partial charge in [-0.2, -0.15) is 0 Å². The number of nitrogens with zero attached hydrogens (tertiary/aromatic N) is 1. The van der Waals surface area contributed by atoms with E-state index in [1.807, 2.05) is 31.4 Å². The second-order valence-corrected chi connectivity index (χ2v) is 4.48. The fraction of sp³-hybridized carbons (Fsp3) is 0.545. The van der Waals surface area contributed by atoms with E-state index in [0.717, 1.165) is 0 Å². The molecule has 0 aliphatic heterocycles. The highest BCUT2D eigenvalue weighted by atomic mass is 35.5. The predicted octanol–water partition coefficient (Wildman–Crippen LogP) is 2.26. The lowest BCUT2D eigenvalue weighted by molar-refractivity contribution is -0.133. The van der Waals surface area contributed by atoms with E-state index in [1.54, 1.807) is 16.2 Å². The van der Waals surface area contributed by atoms with E-state index in [4.69, 9.17) is 5.73 Å². The number of carbonyl (C=O) groups is 1. The van der Waals surface area contributed by atoms with E-state index >= 15 is 0 Å². The number of hydrogen-bond acceptors (Lipinski definition) is 3. The molecule has 5 heteroatoms. The van der Waals surface area contributed by atoms with Gasteiger partial charge < -0.3 is 10.6 Å². The molecule has 0 spiro atoms. The van der Waals surface area contributed by atoms with Gasteiger partial charge >= 0.3 is 0 Å². The molecule has 0 aromatic carbocycles. The third-order valence-corrected chi connectivity index (χ3v) is 3.24. The Labute approximate surface area is 107 Å². The van der Waals surface area contributed by atoms with Crippen LogP contribution >= 0.6 is 23.7 Å². The maximum atomic E-state index is 11.8. The topological polar surface area (TPSA) is 46.3 Å². The van der Waals surface area contributed by atoms with E-state index in [2.05, 4.69) is 0 Å². The third-order valence-electron chi connectivity index (χ3n) is 2.38. The molecule has 0 saturated carbocycles. The molecule has 0 fully saturated rings. The number of carbonyl (C=O) groups excluding carboxylic acids is 1. The molecule has 0 radical (unpaired) electrons. The molecule has 1 rings (SSSR count). The minimum Gasteiger partial charge on any atom is -0.336 e. The number of likely N-dealkylation sites (N-methyl/N-ethyl adjacent to an activating group) is 1. The molecule has 0 aliphatic carbocycles. The van der Waals surface area contributed by atoms with E-state index in [0.29, 0.717) is 19.5 Å². The van der Waals surface area contributed by atoms with Crippen LogP contribution in [0.5, 0.6) is 0 Å². The van der Waals surface area contributed by atoms with Gasteiger partial charge in [-0.05, 0) is 24.8 Å². The fourth-order valence-electron chi connectivity index (χ4n) is 1.35. The molecule has 1 atom stereocenters. The minimum absolute atomic E-state index is 0. The van der Waals surface area contributed by atoms with Crippen LogP contribution in [-0.2, 0) is 11.3 Å². The van der Waals surface area contributed by atoms with Crippen LogP contribution < -0.4 is 5.73 Å². The standard InChI is InChI=1S/C11H18N2OS.ClH/c1-3-10(12)11(14)13(4-2)8-9-6-5-7-15-9;/h5-7,10H,3-4,8,12H2,1-2H3;1H/t10-;/m0./s1. The molecule has 0 aliphatic rings. The summed E-state index contributed by atoms with van der Waals surface area (Å²) in [4.78, 5) is 14.8. The molecule has 3 nitrogen and oxygen atoms in total. The van der Waals surface area contributed by atoms with E-state index < -0.39 is 0 Å². The zero-order valence-electron chi connectivity index (χ0n) is 9.68. The molecule has 0 unspecified atom stereocenters. The lowest BCUT2D eigenvalue weighted by atomic mass is 10.2. The number of nitrogens with two attached hydrogens (primary N) is 1. The van der Waals surface area contributed by atoms with Crippen LogP contribution in [0.15, 0.2) is 17.5 Å². The normalized spacial score (nSPS) is 11.7. The van der Waals surface area contributed by atoms with E-state index in [1.165, 1.54) is 4.88 Å². The Kier molecular flexibility index (Phi) is 7.38. The second kappa shape index (κ2) is 7.65. The maximum absolute atomic E-state index is 11.8. The first-order valence-electron chi connectivity index (χ1n) is 5.25.